The number of carbonyl (C=O) groups excluding carboxylic acids is 1. The molecule has 0 radical (unpaired) electrons. The van der Waals surface area contributed by atoms with Crippen molar-refractivity contribution in [3.05, 3.63) is 51.8 Å². The fraction of sp³-hybridized carbons (Fsp3) is 0.350. The number of hydrogen-bond donors (Lipinski definition) is 4. The van der Waals surface area contributed by atoms with Crippen LogP contribution in [0.25, 0.3) is 16.4 Å². The van der Waals surface area contributed by atoms with E-state index in [9.17, 15) is 19.5 Å². The largest absolute Gasteiger partial charge is 0.481 e. The minimum Gasteiger partial charge on any atom is -0.481 e. The summed E-state index contributed by atoms with van der Waals surface area (Å²) >= 11 is 0. The van der Waals surface area contributed by atoms with E-state index in [2.05, 4.69) is 10.4 Å². The minimum atomic E-state index is -0.811. The highest BCUT2D eigenvalue weighted by atomic mass is 16.4. The summed E-state index contributed by atoms with van der Waals surface area (Å²) in [6, 6.07) is 9.10. The fourth-order valence-electron chi connectivity index (χ4n) is 4.06. The van der Waals surface area contributed by atoms with Crippen LogP contribution < -0.4 is 10.9 Å². The van der Waals surface area contributed by atoms with Gasteiger partial charge in [-0.15, -0.1) is 0 Å². The lowest BCUT2D eigenvalue weighted by atomic mass is 9.86. The normalized spacial score (nSPS) is 19.8. The van der Waals surface area contributed by atoms with Gasteiger partial charge in [0.15, 0.2) is 0 Å². The van der Waals surface area contributed by atoms with Crippen molar-refractivity contribution < 1.29 is 19.8 Å². The number of H-pyrrole nitrogens is 1. The molecule has 146 valence electrons. The van der Waals surface area contributed by atoms with E-state index in [1.54, 1.807) is 4.52 Å². The summed E-state index contributed by atoms with van der Waals surface area (Å²) < 4.78 is 1.58. The number of aromatic nitrogens is 2. The second kappa shape index (κ2) is 7.12. The van der Waals surface area contributed by atoms with Gasteiger partial charge in [-0.3, -0.25) is 24.0 Å². The Morgan fingerprint density at radius 2 is 1.86 bits per heavy atom. The van der Waals surface area contributed by atoms with Crippen molar-refractivity contribution in [1.82, 2.24) is 14.9 Å². The summed E-state index contributed by atoms with van der Waals surface area (Å²) in [5, 5.41) is 25.4. The zero-order valence-corrected chi connectivity index (χ0v) is 15.1. The van der Waals surface area contributed by atoms with E-state index in [1.807, 2.05) is 30.3 Å². The molecule has 1 aromatic carbocycles. The monoisotopic (exact) mass is 383 g/mol. The van der Waals surface area contributed by atoms with Crippen molar-refractivity contribution in [2.45, 2.75) is 38.3 Å². The second-order valence-electron chi connectivity index (χ2n) is 7.24. The molecule has 4 N–H and O–H groups in total. The molecule has 0 spiro atoms. The lowest BCUT2D eigenvalue weighted by molar-refractivity contribution is -0.142. The number of nitrogens with zero attached hydrogens (tertiary/aromatic N) is 1. The molecule has 1 aliphatic rings. The van der Waals surface area contributed by atoms with E-state index in [0.29, 0.717) is 31.2 Å². The first kappa shape index (κ1) is 18.2. The third kappa shape index (κ3) is 3.05. The molecule has 0 unspecified atom stereocenters. The van der Waals surface area contributed by atoms with Gasteiger partial charge in [-0.1, -0.05) is 18.2 Å². The third-order valence-corrected chi connectivity index (χ3v) is 5.56. The van der Waals surface area contributed by atoms with Crippen LogP contribution in [0.15, 0.2) is 35.1 Å². The molecule has 0 saturated heterocycles. The quantitative estimate of drug-likeness (QED) is 0.545. The Morgan fingerprint density at radius 1 is 1.14 bits per heavy atom. The first-order valence-corrected chi connectivity index (χ1v) is 9.29. The Labute approximate surface area is 159 Å². The molecule has 8 heteroatoms. The number of benzene rings is 1. The van der Waals surface area contributed by atoms with E-state index in [1.165, 1.54) is 0 Å². The highest BCUT2D eigenvalue weighted by Crippen LogP contribution is 2.26. The topological polar surface area (TPSA) is 124 Å². The molecule has 2 heterocycles. The highest BCUT2D eigenvalue weighted by molar-refractivity contribution is 5.98. The van der Waals surface area contributed by atoms with Gasteiger partial charge in [0.2, 0.25) is 0 Å². The van der Waals surface area contributed by atoms with E-state index in [-0.39, 0.29) is 23.1 Å². The third-order valence-electron chi connectivity index (χ3n) is 5.56. The van der Waals surface area contributed by atoms with Crippen molar-refractivity contribution in [2.75, 3.05) is 0 Å². The number of amides is 1. The van der Waals surface area contributed by atoms with E-state index in [0.717, 1.165) is 10.9 Å². The predicted molar refractivity (Wildman–Crippen MR) is 102 cm³/mol. The zero-order chi connectivity index (χ0) is 19.8. The van der Waals surface area contributed by atoms with Crippen LogP contribution in [0.5, 0.6) is 0 Å². The van der Waals surface area contributed by atoms with Gasteiger partial charge in [-0.25, -0.2) is 0 Å². The number of para-hydroxylation sites is 1. The molecule has 8 nitrogen and oxygen atoms in total. The molecular formula is C20H21N3O5. The second-order valence-corrected chi connectivity index (χ2v) is 7.24. The van der Waals surface area contributed by atoms with Gasteiger partial charge in [0.05, 0.1) is 23.6 Å². The fourth-order valence-corrected chi connectivity index (χ4v) is 4.06. The van der Waals surface area contributed by atoms with Crippen LogP contribution in [0.2, 0.25) is 0 Å². The number of aliphatic carboxylic acids is 1. The van der Waals surface area contributed by atoms with Gasteiger partial charge in [0, 0.05) is 17.0 Å². The Morgan fingerprint density at radius 3 is 2.54 bits per heavy atom. The smallest absolute Gasteiger partial charge is 0.306 e. The summed E-state index contributed by atoms with van der Waals surface area (Å²) in [7, 11) is 0. The molecule has 0 aliphatic heterocycles. The van der Waals surface area contributed by atoms with Crippen LogP contribution in [0.1, 0.15) is 41.6 Å². The number of aliphatic hydroxyl groups is 1. The van der Waals surface area contributed by atoms with Crippen LogP contribution >= 0.6 is 0 Å². The molecule has 3 aromatic rings. The molecule has 1 amide bonds. The maximum Gasteiger partial charge on any atom is 0.306 e. The van der Waals surface area contributed by atoms with E-state index in [4.69, 9.17) is 5.11 Å². The van der Waals surface area contributed by atoms with E-state index >= 15 is 0 Å². The van der Waals surface area contributed by atoms with Crippen LogP contribution in [-0.4, -0.2) is 37.7 Å². The lowest BCUT2D eigenvalue weighted by Crippen LogP contribution is -2.41. The predicted octanol–water partition coefficient (Wildman–Crippen LogP) is 1.65. The van der Waals surface area contributed by atoms with E-state index < -0.39 is 24.0 Å². The van der Waals surface area contributed by atoms with Gasteiger partial charge < -0.3 is 15.5 Å². The van der Waals surface area contributed by atoms with Gasteiger partial charge in [0.25, 0.3) is 11.5 Å². The number of fused-ring (bicyclic) bond motifs is 3. The maximum atomic E-state index is 12.8. The minimum absolute atomic E-state index is 0.0989. The number of nitrogens with one attached hydrogen (secondary N) is 2. The van der Waals surface area contributed by atoms with Gasteiger partial charge >= 0.3 is 5.97 Å². The zero-order valence-electron chi connectivity index (χ0n) is 15.1. The summed E-state index contributed by atoms with van der Waals surface area (Å²) in [5.41, 5.74) is 0.954. The number of carboxylic acids is 1. The van der Waals surface area contributed by atoms with Crippen molar-refractivity contribution in [1.29, 1.82) is 0 Å². The summed E-state index contributed by atoms with van der Waals surface area (Å²) in [6.45, 7) is -0.446. The molecule has 1 fully saturated rings. The lowest BCUT2D eigenvalue weighted by Gasteiger charge is -2.27. The van der Waals surface area contributed by atoms with Gasteiger partial charge in [-0.05, 0) is 37.8 Å². The SMILES string of the molecule is O=C(NC1CCC(C(=O)O)CC1)c1c(CO)c2cc3ccccc3n2[nH]c1=O. The molecule has 4 rings (SSSR count). The maximum absolute atomic E-state index is 12.8. The summed E-state index contributed by atoms with van der Waals surface area (Å²) in [6.07, 6.45) is 2.08. The summed E-state index contributed by atoms with van der Waals surface area (Å²) in [4.78, 5) is 36.5. The number of carboxylic acid groups (broad SMARTS) is 1. The van der Waals surface area contributed by atoms with Crippen molar-refractivity contribution in [2.24, 2.45) is 5.92 Å². The first-order chi connectivity index (χ1) is 13.5. The average Bonchev–Trinajstić information content (AvgIpc) is 3.05. The van der Waals surface area contributed by atoms with Gasteiger partial charge in [0.1, 0.15) is 5.56 Å². The molecule has 1 aliphatic carbocycles. The Kier molecular flexibility index (Phi) is 4.64. The van der Waals surface area contributed by atoms with Crippen molar-refractivity contribution >= 4 is 28.3 Å². The van der Waals surface area contributed by atoms with Crippen LogP contribution in [0.4, 0.5) is 0 Å². The molecule has 28 heavy (non-hydrogen) atoms. The molecule has 0 bridgehead atoms. The van der Waals surface area contributed by atoms with Crippen LogP contribution in [0.3, 0.4) is 0 Å². The Bertz CT molecular complexity index is 1120. The first-order valence-electron chi connectivity index (χ1n) is 9.29. The number of hydrogen-bond acceptors (Lipinski definition) is 4. The molecule has 1 saturated carbocycles. The van der Waals surface area contributed by atoms with Crippen molar-refractivity contribution in [3.63, 3.8) is 0 Å². The van der Waals surface area contributed by atoms with Crippen LogP contribution in [-0.2, 0) is 11.4 Å². The van der Waals surface area contributed by atoms with Crippen LogP contribution in [0, 0.1) is 5.92 Å². The number of aromatic amines is 1. The Hall–Kier alpha value is -3.13. The van der Waals surface area contributed by atoms with Crippen molar-refractivity contribution in [3.8, 4) is 0 Å². The molecule has 0 atom stereocenters. The highest BCUT2D eigenvalue weighted by Gasteiger charge is 2.28. The number of carbonyl (C=O) groups is 2. The number of aliphatic hydroxyl groups excluding tert-OH is 1. The number of rotatable bonds is 4. The van der Waals surface area contributed by atoms with Gasteiger partial charge in [-0.2, -0.15) is 0 Å². The summed E-state index contributed by atoms with van der Waals surface area (Å²) in [5.74, 6) is -1.74. The molecular weight excluding hydrogens is 362 g/mol. The Balaban J connectivity index is 1.67. The molecule has 2 aromatic heterocycles. The standard InChI is InChI=1S/C20H21N3O5/c24-10-14-16-9-12-3-1-2-4-15(12)23(16)22-19(26)17(14)18(25)21-13-7-5-11(6-8-13)20(27)28/h1-4,9,11,13,24H,5-8,10H2,(H,21,25)(H,22,26)(H,27,28). The average molecular weight is 383 g/mol.